The zero-order valence-corrected chi connectivity index (χ0v) is 7.50. The number of aromatic nitrogens is 4. The highest BCUT2D eigenvalue weighted by atomic mass is 15.2. The van der Waals surface area contributed by atoms with Crippen LogP contribution in [0.25, 0.3) is 11.0 Å². The fourth-order valence-corrected chi connectivity index (χ4v) is 0.880. The van der Waals surface area contributed by atoms with Gasteiger partial charge in [0.2, 0.25) is 0 Å². The quantitative estimate of drug-likeness (QED) is 0.644. The first-order chi connectivity index (χ1) is 5.88. The molecule has 0 saturated heterocycles. The van der Waals surface area contributed by atoms with E-state index in [1.54, 1.807) is 6.20 Å². The van der Waals surface area contributed by atoms with E-state index in [2.05, 4.69) is 20.4 Å². The molecule has 64 valence electrons. The molecule has 0 unspecified atom stereocenters. The van der Waals surface area contributed by atoms with Gasteiger partial charge in [-0.05, 0) is 13.0 Å². The number of rotatable bonds is 0. The van der Waals surface area contributed by atoms with Crippen LogP contribution in [0.1, 0.15) is 19.5 Å². The molecular formula is C8H12N4. The van der Waals surface area contributed by atoms with Crippen LogP contribution >= 0.6 is 0 Å². The van der Waals surface area contributed by atoms with Crippen molar-refractivity contribution in [2.24, 2.45) is 0 Å². The minimum atomic E-state index is 0.850. The Labute approximate surface area is 71.0 Å². The van der Waals surface area contributed by atoms with E-state index in [0.29, 0.717) is 0 Å². The molecule has 2 heterocycles. The third-order valence-corrected chi connectivity index (χ3v) is 1.40. The average Bonchev–Trinajstić information content (AvgIpc) is 2.53. The number of aryl methyl sites for hydroxylation is 1. The second-order valence-electron chi connectivity index (χ2n) is 2.11. The number of aromatic amines is 1. The van der Waals surface area contributed by atoms with Gasteiger partial charge < -0.3 is 0 Å². The fourth-order valence-electron chi connectivity index (χ4n) is 0.880. The standard InChI is InChI=1S/C6H6N4.C2H6/c1-4-6-5(9-8-4)2-3-7-10-6;1-2/h2-3H,1H3,(H,8,9);1-2H3. The third-order valence-electron chi connectivity index (χ3n) is 1.40. The normalized spacial score (nSPS) is 9.25. The molecule has 2 aromatic heterocycles. The van der Waals surface area contributed by atoms with Gasteiger partial charge in [-0.25, -0.2) is 0 Å². The lowest BCUT2D eigenvalue weighted by Crippen LogP contribution is -1.79. The highest BCUT2D eigenvalue weighted by molar-refractivity contribution is 5.75. The van der Waals surface area contributed by atoms with E-state index in [-0.39, 0.29) is 0 Å². The SMILES string of the molecule is CC.Cc1[nH]nc2ccnnc12. The first-order valence-electron chi connectivity index (χ1n) is 4.00. The summed E-state index contributed by atoms with van der Waals surface area (Å²) >= 11 is 0. The van der Waals surface area contributed by atoms with Gasteiger partial charge in [-0.15, -0.1) is 5.10 Å². The summed E-state index contributed by atoms with van der Waals surface area (Å²) < 4.78 is 0. The van der Waals surface area contributed by atoms with Crippen LogP contribution in [0.2, 0.25) is 0 Å². The van der Waals surface area contributed by atoms with Crippen molar-refractivity contribution >= 4 is 11.0 Å². The lowest BCUT2D eigenvalue weighted by Gasteiger charge is -1.82. The highest BCUT2D eigenvalue weighted by Crippen LogP contribution is 2.08. The minimum absolute atomic E-state index is 0.850. The summed E-state index contributed by atoms with van der Waals surface area (Å²) in [5.41, 5.74) is 2.68. The van der Waals surface area contributed by atoms with Crippen molar-refractivity contribution in [1.82, 2.24) is 20.4 Å². The zero-order chi connectivity index (χ0) is 8.97. The van der Waals surface area contributed by atoms with Crippen LogP contribution in [0.4, 0.5) is 0 Å². The third kappa shape index (κ3) is 1.42. The van der Waals surface area contributed by atoms with Gasteiger partial charge in [0.25, 0.3) is 0 Å². The second kappa shape index (κ2) is 3.80. The molecule has 0 aromatic carbocycles. The van der Waals surface area contributed by atoms with Crippen LogP contribution in [0.3, 0.4) is 0 Å². The Morgan fingerprint density at radius 3 is 2.75 bits per heavy atom. The highest BCUT2D eigenvalue weighted by Gasteiger charge is 1.99. The maximum Gasteiger partial charge on any atom is 0.134 e. The van der Waals surface area contributed by atoms with E-state index < -0.39 is 0 Å². The van der Waals surface area contributed by atoms with Crippen molar-refractivity contribution < 1.29 is 0 Å². The van der Waals surface area contributed by atoms with E-state index in [0.717, 1.165) is 16.7 Å². The van der Waals surface area contributed by atoms with Gasteiger partial charge in [-0.1, -0.05) is 13.8 Å². The van der Waals surface area contributed by atoms with E-state index in [1.165, 1.54) is 0 Å². The largest absolute Gasteiger partial charge is 0.280 e. The first-order valence-corrected chi connectivity index (χ1v) is 4.00. The fraction of sp³-hybridized carbons (Fsp3) is 0.375. The molecule has 0 spiro atoms. The van der Waals surface area contributed by atoms with Crippen molar-refractivity contribution in [3.63, 3.8) is 0 Å². The topological polar surface area (TPSA) is 54.5 Å². The van der Waals surface area contributed by atoms with Crippen LogP contribution in [-0.2, 0) is 0 Å². The van der Waals surface area contributed by atoms with Crippen LogP contribution < -0.4 is 0 Å². The molecule has 0 atom stereocenters. The monoisotopic (exact) mass is 164 g/mol. The summed E-state index contributed by atoms with van der Waals surface area (Å²) in [6, 6.07) is 1.83. The number of hydrogen-bond donors (Lipinski definition) is 1. The van der Waals surface area contributed by atoms with Gasteiger partial charge in [0.1, 0.15) is 11.0 Å². The minimum Gasteiger partial charge on any atom is -0.280 e. The van der Waals surface area contributed by atoms with Crippen LogP contribution in [0, 0.1) is 6.92 Å². The Morgan fingerprint density at radius 1 is 1.33 bits per heavy atom. The molecule has 4 heteroatoms. The van der Waals surface area contributed by atoms with Crippen molar-refractivity contribution in [1.29, 1.82) is 0 Å². The van der Waals surface area contributed by atoms with Gasteiger partial charge in [0, 0.05) is 0 Å². The maximum absolute atomic E-state index is 3.99. The Morgan fingerprint density at radius 2 is 2.08 bits per heavy atom. The molecule has 1 N–H and O–H groups in total. The number of H-pyrrole nitrogens is 1. The molecule has 0 aliphatic rings. The summed E-state index contributed by atoms with van der Waals surface area (Å²) in [4.78, 5) is 0. The predicted octanol–water partition coefficient (Wildman–Crippen LogP) is 1.69. The molecule has 4 nitrogen and oxygen atoms in total. The van der Waals surface area contributed by atoms with Crippen LogP contribution in [-0.4, -0.2) is 20.4 Å². The Bertz CT molecular complexity index is 353. The van der Waals surface area contributed by atoms with Gasteiger partial charge in [0.15, 0.2) is 0 Å². The molecule has 0 aliphatic carbocycles. The van der Waals surface area contributed by atoms with E-state index in [4.69, 9.17) is 0 Å². The number of nitrogens with one attached hydrogen (secondary N) is 1. The van der Waals surface area contributed by atoms with Crippen molar-refractivity contribution in [2.45, 2.75) is 20.8 Å². The maximum atomic E-state index is 3.99. The number of hydrogen-bond acceptors (Lipinski definition) is 3. The van der Waals surface area contributed by atoms with E-state index in [1.807, 2.05) is 26.8 Å². The molecular weight excluding hydrogens is 152 g/mol. The Hall–Kier alpha value is -1.45. The zero-order valence-electron chi connectivity index (χ0n) is 7.50. The Balaban J connectivity index is 0.000000336. The summed E-state index contributed by atoms with van der Waals surface area (Å²) in [7, 11) is 0. The molecule has 0 fully saturated rings. The van der Waals surface area contributed by atoms with Crippen molar-refractivity contribution in [3.05, 3.63) is 18.0 Å². The molecule has 0 bridgehead atoms. The number of nitrogens with zero attached hydrogens (tertiary/aromatic N) is 3. The first kappa shape index (κ1) is 8.64. The summed E-state index contributed by atoms with van der Waals surface area (Å²) in [6.45, 7) is 5.92. The lowest BCUT2D eigenvalue weighted by atomic mass is 10.4. The predicted molar refractivity (Wildman–Crippen MR) is 47.8 cm³/mol. The van der Waals surface area contributed by atoms with Gasteiger partial charge in [0.05, 0.1) is 11.9 Å². The smallest absolute Gasteiger partial charge is 0.134 e. The number of fused-ring (bicyclic) bond motifs is 1. The molecule has 12 heavy (non-hydrogen) atoms. The van der Waals surface area contributed by atoms with Gasteiger partial charge >= 0.3 is 0 Å². The lowest BCUT2D eigenvalue weighted by molar-refractivity contribution is 1.06. The van der Waals surface area contributed by atoms with Gasteiger partial charge in [-0.3, -0.25) is 5.10 Å². The van der Waals surface area contributed by atoms with Gasteiger partial charge in [-0.2, -0.15) is 10.2 Å². The molecule has 0 aliphatic heterocycles. The molecule has 0 saturated carbocycles. The molecule has 2 aromatic rings. The van der Waals surface area contributed by atoms with Crippen molar-refractivity contribution in [3.8, 4) is 0 Å². The second-order valence-corrected chi connectivity index (χ2v) is 2.11. The van der Waals surface area contributed by atoms with E-state index in [9.17, 15) is 0 Å². The van der Waals surface area contributed by atoms with Crippen LogP contribution in [0.15, 0.2) is 12.3 Å². The average molecular weight is 164 g/mol. The van der Waals surface area contributed by atoms with E-state index >= 15 is 0 Å². The molecule has 2 rings (SSSR count). The summed E-state index contributed by atoms with van der Waals surface area (Å²) in [6.07, 6.45) is 1.63. The molecule has 0 radical (unpaired) electrons. The Kier molecular flexibility index (Phi) is 2.74. The summed E-state index contributed by atoms with van der Waals surface area (Å²) in [5, 5.41) is 14.4. The molecule has 0 amide bonds. The summed E-state index contributed by atoms with van der Waals surface area (Å²) in [5.74, 6) is 0. The van der Waals surface area contributed by atoms with Crippen LogP contribution in [0.5, 0.6) is 0 Å². The van der Waals surface area contributed by atoms with Crippen molar-refractivity contribution in [2.75, 3.05) is 0 Å².